The fourth-order valence-corrected chi connectivity index (χ4v) is 4.26. The minimum absolute atomic E-state index is 0.854. The van der Waals surface area contributed by atoms with Gasteiger partial charge < -0.3 is 5.73 Å². The van der Waals surface area contributed by atoms with Gasteiger partial charge in [0.25, 0.3) is 0 Å². The molecule has 2 N–H and O–H groups in total. The van der Waals surface area contributed by atoms with Crippen molar-refractivity contribution < 1.29 is 0 Å². The molecule has 0 amide bonds. The normalized spacial score (nSPS) is 11.2. The molecule has 0 bridgehead atoms. The molecule has 0 aliphatic carbocycles. The van der Waals surface area contributed by atoms with Crippen LogP contribution in [0.4, 0.5) is 5.69 Å². The third-order valence-electron chi connectivity index (χ3n) is 6.56. The molecule has 0 spiro atoms. The second-order valence-corrected chi connectivity index (χ2v) is 8.40. The van der Waals surface area contributed by atoms with Gasteiger partial charge in [0.2, 0.25) is 0 Å². The number of hydrogen-bond acceptors (Lipinski definition) is 1. The second kappa shape index (κ2) is 7.08. The smallest absolute Gasteiger partial charge is 0.0473 e. The number of rotatable bonds is 2. The Kier molecular flexibility index (Phi) is 4.70. The van der Waals surface area contributed by atoms with Crippen LogP contribution in [0.2, 0.25) is 0 Å². The summed E-state index contributed by atoms with van der Waals surface area (Å²) in [6.07, 6.45) is 0. The van der Waals surface area contributed by atoms with E-state index in [1.165, 1.54) is 55.5 Å². The summed E-state index contributed by atoms with van der Waals surface area (Å²) in [5.74, 6) is 0. The standard InChI is InChI=1S/C28H29N/c1-16-11-22(12-17(2)20(16)5)26-15-27(23-13-18(3)21(6)19(4)14-23)28(29)25-10-8-7-9-24(25)26/h7-15H,29H2,1-6H3. The molecule has 146 valence electrons. The number of fused-ring (bicyclic) bond motifs is 1. The molecule has 4 aromatic rings. The topological polar surface area (TPSA) is 26.0 Å². The van der Waals surface area contributed by atoms with Gasteiger partial charge in [-0.15, -0.1) is 0 Å². The van der Waals surface area contributed by atoms with Gasteiger partial charge in [0.05, 0.1) is 0 Å². The first kappa shape index (κ1) is 19.3. The third kappa shape index (κ3) is 3.21. The number of anilines is 1. The summed E-state index contributed by atoms with van der Waals surface area (Å²) < 4.78 is 0. The van der Waals surface area contributed by atoms with Crippen molar-refractivity contribution in [3.05, 3.63) is 88.0 Å². The summed E-state index contributed by atoms with van der Waals surface area (Å²) in [4.78, 5) is 0. The lowest BCUT2D eigenvalue weighted by Crippen LogP contribution is -1.97. The second-order valence-electron chi connectivity index (χ2n) is 8.40. The van der Waals surface area contributed by atoms with Crippen LogP contribution in [-0.4, -0.2) is 0 Å². The van der Waals surface area contributed by atoms with Gasteiger partial charge in [-0.3, -0.25) is 0 Å². The largest absolute Gasteiger partial charge is 0.398 e. The summed E-state index contributed by atoms with van der Waals surface area (Å²) in [6, 6.07) is 19.9. The Labute approximate surface area is 174 Å². The third-order valence-corrected chi connectivity index (χ3v) is 6.56. The summed E-state index contributed by atoms with van der Waals surface area (Å²) in [5.41, 5.74) is 20.3. The Morgan fingerprint density at radius 3 is 1.41 bits per heavy atom. The number of aryl methyl sites for hydroxylation is 4. The van der Waals surface area contributed by atoms with Crippen LogP contribution in [0.5, 0.6) is 0 Å². The van der Waals surface area contributed by atoms with Crippen LogP contribution >= 0.6 is 0 Å². The van der Waals surface area contributed by atoms with Crippen molar-refractivity contribution in [1.82, 2.24) is 0 Å². The first-order valence-electron chi connectivity index (χ1n) is 10.3. The van der Waals surface area contributed by atoms with Crippen LogP contribution < -0.4 is 5.73 Å². The van der Waals surface area contributed by atoms with E-state index in [0.717, 1.165) is 16.6 Å². The van der Waals surface area contributed by atoms with Crippen molar-refractivity contribution in [3.63, 3.8) is 0 Å². The highest BCUT2D eigenvalue weighted by molar-refractivity contribution is 6.08. The van der Waals surface area contributed by atoms with Crippen molar-refractivity contribution in [1.29, 1.82) is 0 Å². The van der Waals surface area contributed by atoms with E-state index < -0.39 is 0 Å². The zero-order valence-electron chi connectivity index (χ0n) is 18.3. The number of hydrogen-bond donors (Lipinski definition) is 1. The van der Waals surface area contributed by atoms with Crippen LogP contribution in [-0.2, 0) is 0 Å². The van der Waals surface area contributed by atoms with Gasteiger partial charge in [-0.25, -0.2) is 0 Å². The minimum atomic E-state index is 0.854. The number of benzene rings is 4. The predicted octanol–water partition coefficient (Wildman–Crippen LogP) is 7.61. The highest BCUT2D eigenvalue weighted by Crippen LogP contribution is 2.41. The molecule has 0 atom stereocenters. The maximum atomic E-state index is 6.72. The summed E-state index contributed by atoms with van der Waals surface area (Å²) in [6.45, 7) is 13.1. The van der Waals surface area contributed by atoms with Gasteiger partial charge in [0.15, 0.2) is 0 Å². The first-order chi connectivity index (χ1) is 13.8. The van der Waals surface area contributed by atoms with Crippen LogP contribution in [0.15, 0.2) is 54.6 Å². The van der Waals surface area contributed by atoms with Gasteiger partial charge in [0, 0.05) is 16.6 Å². The molecule has 0 saturated heterocycles. The Balaban J connectivity index is 2.08. The zero-order chi connectivity index (χ0) is 20.9. The Hall–Kier alpha value is -3.06. The monoisotopic (exact) mass is 379 g/mol. The van der Waals surface area contributed by atoms with Gasteiger partial charge in [0.1, 0.15) is 0 Å². The molecule has 0 saturated carbocycles. The molecule has 0 aliphatic heterocycles. The SMILES string of the molecule is Cc1cc(-c2cc(-c3cc(C)c(C)c(C)c3)c3ccccc3c2N)cc(C)c1C. The molecule has 0 heterocycles. The summed E-state index contributed by atoms with van der Waals surface area (Å²) in [7, 11) is 0. The van der Waals surface area contributed by atoms with E-state index in [2.05, 4.69) is 96.1 Å². The highest BCUT2D eigenvalue weighted by atomic mass is 14.6. The molecule has 4 aromatic carbocycles. The number of nitrogens with two attached hydrogens (primary N) is 1. The Morgan fingerprint density at radius 2 is 0.931 bits per heavy atom. The van der Waals surface area contributed by atoms with E-state index in [1.54, 1.807) is 0 Å². The van der Waals surface area contributed by atoms with E-state index >= 15 is 0 Å². The molecule has 0 aromatic heterocycles. The average Bonchev–Trinajstić information content (AvgIpc) is 2.70. The lowest BCUT2D eigenvalue weighted by atomic mass is 9.88. The van der Waals surface area contributed by atoms with E-state index in [0.29, 0.717) is 0 Å². The van der Waals surface area contributed by atoms with E-state index in [4.69, 9.17) is 5.73 Å². The highest BCUT2D eigenvalue weighted by Gasteiger charge is 2.15. The van der Waals surface area contributed by atoms with Gasteiger partial charge in [-0.2, -0.15) is 0 Å². The molecule has 0 aliphatic rings. The lowest BCUT2D eigenvalue weighted by Gasteiger charge is -2.18. The summed E-state index contributed by atoms with van der Waals surface area (Å²) in [5, 5.41) is 2.32. The first-order valence-corrected chi connectivity index (χ1v) is 10.3. The quantitative estimate of drug-likeness (QED) is 0.356. The molecule has 0 radical (unpaired) electrons. The molecule has 0 fully saturated rings. The number of nitrogen functional groups attached to an aromatic ring is 1. The minimum Gasteiger partial charge on any atom is -0.398 e. The Bertz CT molecular complexity index is 1220. The maximum Gasteiger partial charge on any atom is 0.0473 e. The van der Waals surface area contributed by atoms with Gasteiger partial charge in [-0.05, 0) is 103 Å². The average molecular weight is 380 g/mol. The fraction of sp³-hybridized carbons (Fsp3) is 0.214. The maximum absolute atomic E-state index is 6.72. The van der Waals surface area contributed by atoms with E-state index in [9.17, 15) is 0 Å². The van der Waals surface area contributed by atoms with E-state index in [-0.39, 0.29) is 0 Å². The predicted molar refractivity (Wildman–Crippen MR) is 128 cm³/mol. The molecule has 1 heteroatoms. The Morgan fingerprint density at radius 1 is 0.517 bits per heavy atom. The van der Waals surface area contributed by atoms with Crippen LogP contribution in [0.3, 0.4) is 0 Å². The summed E-state index contributed by atoms with van der Waals surface area (Å²) >= 11 is 0. The van der Waals surface area contributed by atoms with Crippen LogP contribution in [0, 0.1) is 41.5 Å². The zero-order valence-corrected chi connectivity index (χ0v) is 18.3. The van der Waals surface area contributed by atoms with Gasteiger partial charge in [-0.1, -0.05) is 48.5 Å². The lowest BCUT2D eigenvalue weighted by molar-refractivity contribution is 1.27. The van der Waals surface area contributed by atoms with Crippen LogP contribution in [0.25, 0.3) is 33.0 Å². The molecule has 0 unspecified atom stereocenters. The van der Waals surface area contributed by atoms with Crippen molar-refractivity contribution in [2.75, 3.05) is 5.73 Å². The van der Waals surface area contributed by atoms with Crippen molar-refractivity contribution >= 4 is 16.5 Å². The molecule has 1 nitrogen and oxygen atoms in total. The van der Waals surface area contributed by atoms with Crippen molar-refractivity contribution in [2.45, 2.75) is 41.5 Å². The molecule has 29 heavy (non-hydrogen) atoms. The molecular formula is C28H29N. The molecular weight excluding hydrogens is 350 g/mol. The van der Waals surface area contributed by atoms with Gasteiger partial charge >= 0.3 is 0 Å². The van der Waals surface area contributed by atoms with E-state index in [1.807, 2.05) is 0 Å². The van der Waals surface area contributed by atoms with Crippen molar-refractivity contribution in [2.24, 2.45) is 0 Å². The molecule has 4 rings (SSSR count). The van der Waals surface area contributed by atoms with Crippen molar-refractivity contribution in [3.8, 4) is 22.3 Å². The fourth-order valence-electron chi connectivity index (χ4n) is 4.26. The van der Waals surface area contributed by atoms with Crippen LogP contribution in [0.1, 0.15) is 33.4 Å².